The van der Waals surface area contributed by atoms with Crippen LogP contribution in [0, 0.1) is 10.1 Å². The van der Waals surface area contributed by atoms with Crippen LogP contribution < -0.4 is 5.32 Å². The number of amides is 1. The first-order chi connectivity index (χ1) is 21.0. The molecule has 44 heavy (non-hydrogen) atoms. The first-order valence-corrected chi connectivity index (χ1v) is 14.4. The average molecular weight is 601 g/mol. The summed E-state index contributed by atoms with van der Waals surface area (Å²) in [6, 6.07) is 11.8. The maximum atomic E-state index is 13.7. The van der Waals surface area contributed by atoms with Gasteiger partial charge in [-0.15, -0.1) is 0 Å². The fourth-order valence-electron chi connectivity index (χ4n) is 5.90. The molecule has 0 spiro atoms. The fraction of sp³-hybridized carbons (Fsp3) is 0.333. The summed E-state index contributed by atoms with van der Waals surface area (Å²) >= 11 is 0. The number of nitro benzene ring substituents is 1. The number of nitrogens with zero attached hydrogens (tertiary/aromatic N) is 1. The summed E-state index contributed by atoms with van der Waals surface area (Å²) in [5, 5.41) is 35.8. The molecule has 5 rings (SSSR count). The van der Waals surface area contributed by atoms with E-state index < -0.39 is 22.1 Å². The Morgan fingerprint density at radius 2 is 1.64 bits per heavy atom. The molecule has 228 valence electrons. The van der Waals surface area contributed by atoms with E-state index in [2.05, 4.69) is 5.32 Å². The predicted molar refractivity (Wildman–Crippen MR) is 158 cm³/mol. The van der Waals surface area contributed by atoms with Crippen LogP contribution in [0.15, 0.2) is 48.5 Å². The molecule has 0 aromatic heterocycles. The minimum absolute atomic E-state index is 0.00150. The third-order valence-electron chi connectivity index (χ3n) is 8.42. The number of unbranched alkanes of at least 4 members (excludes halogenated alkanes) is 2. The zero-order valence-electron chi connectivity index (χ0n) is 24.2. The second-order valence-electron chi connectivity index (χ2n) is 11.2. The number of Topliss-reactive ketones (excluding diaryl/α,β-unsaturated/α-hetero) is 1. The molecule has 0 fully saturated rings. The van der Waals surface area contributed by atoms with Crippen molar-refractivity contribution in [2.45, 2.75) is 57.7 Å². The number of phenolic OH excluding ortho intramolecular Hbond substituents is 1. The summed E-state index contributed by atoms with van der Waals surface area (Å²) < 4.78 is 5.97. The van der Waals surface area contributed by atoms with Gasteiger partial charge in [0.25, 0.3) is 11.6 Å². The van der Waals surface area contributed by atoms with Crippen molar-refractivity contribution in [2.75, 3.05) is 13.2 Å². The molecule has 2 aliphatic rings. The van der Waals surface area contributed by atoms with Crippen molar-refractivity contribution in [1.29, 1.82) is 0 Å². The van der Waals surface area contributed by atoms with Crippen molar-refractivity contribution in [3.63, 3.8) is 0 Å². The lowest BCUT2D eigenvalue weighted by molar-refractivity contribution is -0.384. The number of carbonyl (C=O) groups excluding carboxylic acids is 4. The molecule has 11 heteroatoms. The van der Waals surface area contributed by atoms with Gasteiger partial charge in [0, 0.05) is 59.5 Å². The van der Waals surface area contributed by atoms with Gasteiger partial charge in [-0.2, -0.15) is 0 Å². The number of non-ortho nitro benzene ring substituents is 1. The van der Waals surface area contributed by atoms with Crippen LogP contribution in [-0.4, -0.2) is 57.1 Å². The monoisotopic (exact) mass is 600 g/mol. The lowest BCUT2D eigenvalue weighted by Gasteiger charge is -2.35. The number of nitrogens with one attached hydrogen (secondary N) is 1. The van der Waals surface area contributed by atoms with Crippen molar-refractivity contribution in [2.24, 2.45) is 0 Å². The lowest BCUT2D eigenvalue weighted by atomic mass is 9.71. The number of carbonyl (C=O) groups is 4. The molecule has 0 saturated heterocycles. The number of phenols is 1. The number of hydrogen-bond donors (Lipinski definition) is 3. The van der Waals surface area contributed by atoms with Gasteiger partial charge in [-0.25, -0.2) is 0 Å². The number of hydrogen-bond acceptors (Lipinski definition) is 9. The van der Waals surface area contributed by atoms with Gasteiger partial charge in [-0.05, 0) is 62.3 Å². The zero-order valence-corrected chi connectivity index (χ0v) is 24.2. The first-order valence-electron chi connectivity index (χ1n) is 14.4. The third-order valence-corrected chi connectivity index (χ3v) is 8.42. The summed E-state index contributed by atoms with van der Waals surface area (Å²) in [5.41, 5.74) is 0.367. The fourth-order valence-corrected chi connectivity index (χ4v) is 5.90. The van der Waals surface area contributed by atoms with E-state index in [1.165, 1.54) is 37.3 Å². The number of ketones is 3. The highest BCUT2D eigenvalue weighted by Gasteiger charge is 2.43. The van der Waals surface area contributed by atoms with Crippen LogP contribution >= 0.6 is 0 Å². The molecule has 0 heterocycles. The minimum atomic E-state index is -1.68. The van der Waals surface area contributed by atoms with Crippen molar-refractivity contribution in [1.82, 2.24) is 5.32 Å². The van der Waals surface area contributed by atoms with Crippen molar-refractivity contribution in [3.8, 4) is 5.75 Å². The SMILES string of the molecule is CC(=O)[C@@]1(O)CCc2c(c(O)c3c(c2COCCCCCNC(=O)c2ccc([N+](=O)[O-])cc2)C(=O)c2ccccc2C3=O)C1. The van der Waals surface area contributed by atoms with Gasteiger partial charge in [0.2, 0.25) is 0 Å². The highest BCUT2D eigenvalue weighted by atomic mass is 16.6. The van der Waals surface area contributed by atoms with Gasteiger partial charge in [-0.3, -0.25) is 29.3 Å². The van der Waals surface area contributed by atoms with Crippen LogP contribution in [0.1, 0.15) is 91.5 Å². The molecule has 3 aromatic rings. The predicted octanol–water partition coefficient (Wildman–Crippen LogP) is 4.00. The van der Waals surface area contributed by atoms with Crippen LogP contribution in [0.2, 0.25) is 0 Å². The van der Waals surface area contributed by atoms with E-state index in [-0.39, 0.29) is 76.8 Å². The standard InChI is InChI=1S/C33H32N2O9/c1-19(36)33(41)14-13-22-25(17-33)31(39)28-27(29(37)23-7-3-4-8-24(23)30(28)38)26(22)18-44-16-6-2-5-15-34-32(40)20-9-11-21(12-10-20)35(42)43/h3-4,7-12,39,41H,2,5-6,13-18H2,1H3,(H,34,40)/t33-/m1/s1. The number of ether oxygens (including phenoxy) is 1. The molecule has 0 aliphatic heterocycles. The van der Waals surface area contributed by atoms with Crippen LogP contribution in [-0.2, 0) is 29.0 Å². The average Bonchev–Trinajstić information content (AvgIpc) is 3.01. The molecule has 0 unspecified atom stereocenters. The van der Waals surface area contributed by atoms with Crippen molar-refractivity contribution < 1.29 is 39.1 Å². The van der Waals surface area contributed by atoms with E-state index >= 15 is 0 Å². The van der Waals surface area contributed by atoms with Crippen molar-refractivity contribution >= 4 is 28.9 Å². The Balaban J connectivity index is 1.25. The Morgan fingerprint density at radius 1 is 0.977 bits per heavy atom. The Hall–Kier alpha value is -4.74. The highest BCUT2D eigenvalue weighted by molar-refractivity contribution is 6.30. The largest absolute Gasteiger partial charge is 0.507 e. The molecule has 3 N–H and O–H groups in total. The lowest BCUT2D eigenvalue weighted by Crippen LogP contribution is -2.43. The smallest absolute Gasteiger partial charge is 0.269 e. The molecule has 2 aliphatic carbocycles. The highest BCUT2D eigenvalue weighted by Crippen LogP contribution is 2.44. The van der Waals surface area contributed by atoms with Gasteiger partial charge >= 0.3 is 0 Å². The normalized spacial score (nSPS) is 17.0. The molecular weight excluding hydrogens is 568 g/mol. The summed E-state index contributed by atoms with van der Waals surface area (Å²) in [6.45, 7) is 2.03. The van der Waals surface area contributed by atoms with Crippen molar-refractivity contribution in [3.05, 3.63) is 103 Å². The molecule has 3 aromatic carbocycles. The summed E-state index contributed by atoms with van der Waals surface area (Å²) in [5.74, 6) is -2.01. The Morgan fingerprint density at radius 3 is 2.27 bits per heavy atom. The topological polar surface area (TPSA) is 173 Å². The van der Waals surface area contributed by atoms with Gasteiger partial charge < -0.3 is 20.3 Å². The molecule has 0 bridgehead atoms. The molecule has 1 atom stereocenters. The molecule has 1 amide bonds. The second kappa shape index (κ2) is 12.5. The molecule has 11 nitrogen and oxygen atoms in total. The van der Waals surface area contributed by atoms with E-state index in [0.29, 0.717) is 42.7 Å². The van der Waals surface area contributed by atoms with Gasteiger partial charge in [0.15, 0.2) is 17.3 Å². The number of nitro groups is 1. The minimum Gasteiger partial charge on any atom is -0.507 e. The van der Waals surface area contributed by atoms with Gasteiger partial charge in [-0.1, -0.05) is 24.3 Å². The Bertz CT molecular complexity index is 1680. The third kappa shape index (κ3) is 5.76. The van der Waals surface area contributed by atoms with E-state index in [1.54, 1.807) is 18.2 Å². The zero-order chi connectivity index (χ0) is 31.6. The number of fused-ring (bicyclic) bond motifs is 3. The molecule has 0 radical (unpaired) electrons. The van der Waals surface area contributed by atoms with E-state index in [9.17, 15) is 39.5 Å². The Kier molecular flexibility index (Phi) is 8.70. The van der Waals surface area contributed by atoms with Gasteiger partial charge in [0.05, 0.1) is 17.1 Å². The van der Waals surface area contributed by atoms with Gasteiger partial charge in [0.1, 0.15) is 11.4 Å². The van der Waals surface area contributed by atoms with E-state index in [4.69, 9.17) is 4.74 Å². The van der Waals surface area contributed by atoms with Crippen LogP contribution in [0.5, 0.6) is 5.75 Å². The Labute approximate surface area is 253 Å². The van der Waals surface area contributed by atoms with E-state index in [1.807, 2.05) is 0 Å². The summed E-state index contributed by atoms with van der Waals surface area (Å²) in [4.78, 5) is 62.0. The summed E-state index contributed by atoms with van der Waals surface area (Å²) in [6.07, 6.45) is 2.21. The summed E-state index contributed by atoms with van der Waals surface area (Å²) in [7, 11) is 0. The maximum absolute atomic E-state index is 13.7. The van der Waals surface area contributed by atoms with Crippen LogP contribution in [0.25, 0.3) is 0 Å². The maximum Gasteiger partial charge on any atom is 0.269 e. The number of rotatable bonds is 11. The molecule has 0 saturated carbocycles. The first kappa shape index (κ1) is 30.7. The van der Waals surface area contributed by atoms with E-state index in [0.717, 1.165) is 6.42 Å². The molecular formula is C33H32N2O9. The number of aromatic hydroxyl groups is 1. The van der Waals surface area contributed by atoms with Crippen LogP contribution in [0.4, 0.5) is 5.69 Å². The van der Waals surface area contributed by atoms with Crippen LogP contribution in [0.3, 0.4) is 0 Å². The number of aliphatic hydroxyl groups is 1. The second-order valence-corrected chi connectivity index (χ2v) is 11.2. The number of benzene rings is 3. The quantitative estimate of drug-likeness (QED) is 0.131.